The highest BCUT2D eigenvalue weighted by molar-refractivity contribution is 6.33. The number of hydrogen-bond acceptors (Lipinski definition) is 7. The number of amides is 1. The van der Waals surface area contributed by atoms with Gasteiger partial charge in [-0.1, -0.05) is 17.7 Å². The summed E-state index contributed by atoms with van der Waals surface area (Å²) >= 11 is 6.03. The van der Waals surface area contributed by atoms with Gasteiger partial charge in [-0.3, -0.25) is 19.5 Å². The van der Waals surface area contributed by atoms with Crippen LogP contribution in [0.3, 0.4) is 0 Å². The molecule has 1 aliphatic heterocycles. The normalized spacial score (nSPS) is 18.5. The molecule has 0 radical (unpaired) electrons. The van der Waals surface area contributed by atoms with E-state index in [1.807, 2.05) is 18.2 Å². The van der Waals surface area contributed by atoms with Crippen LogP contribution in [0.5, 0.6) is 5.75 Å². The van der Waals surface area contributed by atoms with Crippen molar-refractivity contribution in [1.29, 1.82) is 0 Å². The number of carboxylic acids is 1. The molecule has 3 rings (SSSR count). The van der Waals surface area contributed by atoms with Crippen LogP contribution in [0.25, 0.3) is 0 Å². The molecule has 9 nitrogen and oxygen atoms in total. The first-order chi connectivity index (χ1) is 14.7. The Balaban J connectivity index is 0.000000785. The Hall–Kier alpha value is -2.88. The second-order valence-electron chi connectivity index (χ2n) is 7.09. The zero-order chi connectivity index (χ0) is 23.0. The molecule has 0 bridgehead atoms. The van der Waals surface area contributed by atoms with Crippen molar-refractivity contribution in [3.05, 3.63) is 52.8 Å². The standard InChI is InChI=1S/C19H23ClN4O3.C2H4O2/c1-27-18-9-15(21)14(20)8-13(18)19(26)23-16-5-7-24(11-17(16)25)10-12-4-2-3-6-22-12;1-2(3)4/h2-4,6,8-9,16-17,25H,5,7,10-11,21H2,1H3,(H,23,26);1H3,(H,3,4)/t16-,17+;/m0./s1. The molecule has 2 heterocycles. The molecule has 0 unspecified atom stereocenters. The molecule has 1 aromatic heterocycles. The number of benzene rings is 1. The molecule has 1 saturated heterocycles. The summed E-state index contributed by atoms with van der Waals surface area (Å²) in [5, 5.41) is 21.1. The van der Waals surface area contributed by atoms with E-state index in [4.69, 9.17) is 32.0 Å². The SMILES string of the molecule is CC(=O)O.COc1cc(N)c(Cl)cc1C(=O)N[C@H]1CCN(Cc2ccccn2)C[C@H]1O. The first-order valence-electron chi connectivity index (χ1n) is 9.65. The lowest BCUT2D eigenvalue weighted by Gasteiger charge is -2.36. The number of methoxy groups -OCH3 is 1. The van der Waals surface area contributed by atoms with Gasteiger partial charge in [-0.05, 0) is 24.6 Å². The van der Waals surface area contributed by atoms with Crippen LogP contribution in [0.4, 0.5) is 5.69 Å². The van der Waals surface area contributed by atoms with E-state index < -0.39 is 12.1 Å². The number of aromatic nitrogens is 1. The number of carbonyl (C=O) groups excluding carboxylic acids is 1. The highest BCUT2D eigenvalue weighted by Crippen LogP contribution is 2.29. The zero-order valence-corrected chi connectivity index (χ0v) is 18.2. The van der Waals surface area contributed by atoms with Gasteiger partial charge in [-0.15, -0.1) is 0 Å². The van der Waals surface area contributed by atoms with E-state index in [1.165, 1.54) is 19.2 Å². The van der Waals surface area contributed by atoms with Crippen LogP contribution in [-0.2, 0) is 11.3 Å². The fourth-order valence-corrected chi connectivity index (χ4v) is 3.36. The average molecular weight is 451 g/mol. The molecule has 1 aromatic carbocycles. The van der Waals surface area contributed by atoms with Crippen molar-refractivity contribution in [2.24, 2.45) is 0 Å². The molecule has 31 heavy (non-hydrogen) atoms. The Bertz CT molecular complexity index is 893. The van der Waals surface area contributed by atoms with Crippen LogP contribution >= 0.6 is 11.6 Å². The van der Waals surface area contributed by atoms with Gasteiger partial charge in [0.1, 0.15) is 5.75 Å². The van der Waals surface area contributed by atoms with Crippen molar-refractivity contribution in [2.75, 3.05) is 25.9 Å². The number of hydrogen-bond donors (Lipinski definition) is 4. The average Bonchev–Trinajstić information content (AvgIpc) is 2.72. The van der Waals surface area contributed by atoms with Crippen molar-refractivity contribution >= 4 is 29.2 Å². The maximum absolute atomic E-state index is 12.6. The number of piperidine rings is 1. The number of nitrogens with zero attached hydrogens (tertiary/aromatic N) is 2. The zero-order valence-electron chi connectivity index (χ0n) is 17.4. The highest BCUT2D eigenvalue weighted by Gasteiger charge is 2.30. The number of halogens is 1. The van der Waals surface area contributed by atoms with E-state index in [2.05, 4.69) is 15.2 Å². The van der Waals surface area contributed by atoms with Crippen molar-refractivity contribution in [1.82, 2.24) is 15.2 Å². The fourth-order valence-electron chi connectivity index (χ4n) is 3.19. The number of anilines is 1. The third-order valence-electron chi connectivity index (χ3n) is 4.66. The van der Waals surface area contributed by atoms with Crippen LogP contribution in [0.1, 0.15) is 29.4 Å². The first-order valence-corrected chi connectivity index (χ1v) is 10.0. The minimum absolute atomic E-state index is 0.284. The number of nitrogen functional groups attached to an aromatic ring is 1. The second kappa shape index (κ2) is 11.5. The number of carbonyl (C=O) groups is 2. The van der Waals surface area contributed by atoms with E-state index in [9.17, 15) is 9.90 Å². The van der Waals surface area contributed by atoms with Crippen LogP contribution in [0.2, 0.25) is 5.02 Å². The minimum Gasteiger partial charge on any atom is -0.496 e. The number of carboxylic acid groups (broad SMARTS) is 1. The van der Waals surface area contributed by atoms with Gasteiger partial charge in [-0.2, -0.15) is 0 Å². The van der Waals surface area contributed by atoms with Gasteiger partial charge in [0.15, 0.2) is 0 Å². The number of likely N-dealkylation sites (tertiary alicyclic amines) is 1. The van der Waals surface area contributed by atoms with Crippen LogP contribution < -0.4 is 15.8 Å². The number of aliphatic hydroxyl groups excluding tert-OH is 1. The highest BCUT2D eigenvalue weighted by atomic mass is 35.5. The van der Waals surface area contributed by atoms with Gasteiger partial charge in [0, 0.05) is 38.8 Å². The van der Waals surface area contributed by atoms with E-state index in [0.717, 1.165) is 19.2 Å². The number of rotatable bonds is 5. The molecule has 10 heteroatoms. The molecule has 1 aliphatic rings. The van der Waals surface area contributed by atoms with Gasteiger partial charge < -0.3 is 26.0 Å². The van der Waals surface area contributed by atoms with Gasteiger partial charge in [0.2, 0.25) is 0 Å². The van der Waals surface area contributed by atoms with Crippen molar-refractivity contribution in [3.63, 3.8) is 0 Å². The quantitative estimate of drug-likeness (QED) is 0.506. The number of nitrogens with one attached hydrogen (secondary N) is 1. The summed E-state index contributed by atoms with van der Waals surface area (Å²) in [5.41, 5.74) is 7.34. The van der Waals surface area contributed by atoms with E-state index in [-0.39, 0.29) is 17.0 Å². The maximum atomic E-state index is 12.6. The lowest BCUT2D eigenvalue weighted by Crippen LogP contribution is -2.53. The lowest BCUT2D eigenvalue weighted by atomic mass is 10.0. The Morgan fingerprint density at radius 1 is 1.39 bits per heavy atom. The summed E-state index contributed by atoms with van der Waals surface area (Å²) in [4.78, 5) is 28.1. The largest absolute Gasteiger partial charge is 0.496 e. The molecular weight excluding hydrogens is 424 g/mol. The molecule has 0 saturated carbocycles. The molecule has 2 aromatic rings. The monoisotopic (exact) mass is 450 g/mol. The smallest absolute Gasteiger partial charge is 0.300 e. The summed E-state index contributed by atoms with van der Waals surface area (Å²) in [6, 6.07) is 8.42. The number of β-amino-alcohol motifs (C(OH)–C–C–N with tert-alkyl or cyclic N) is 1. The predicted octanol–water partition coefficient (Wildman–Crippen LogP) is 1.78. The van der Waals surface area contributed by atoms with Gasteiger partial charge in [-0.25, -0.2) is 0 Å². The summed E-state index contributed by atoms with van der Waals surface area (Å²) < 4.78 is 5.22. The molecule has 0 aliphatic carbocycles. The Labute approximate surface area is 185 Å². The first kappa shape index (κ1) is 24.4. The molecule has 0 spiro atoms. The number of aliphatic carboxylic acids is 1. The molecule has 168 valence electrons. The van der Waals surface area contributed by atoms with Gasteiger partial charge >= 0.3 is 0 Å². The predicted molar refractivity (Wildman–Crippen MR) is 117 cm³/mol. The number of ether oxygens (including phenoxy) is 1. The second-order valence-corrected chi connectivity index (χ2v) is 7.49. The Morgan fingerprint density at radius 2 is 2.10 bits per heavy atom. The topological polar surface area (TPSA) is 138 Å². The number of pyridine rings is 1. The fraction of sp³-hybridized carbons (Fsp3) is 0.381. The van der Waals surface area contributed by atoms with Gasteiger partial charge in [0.05, 0.1) is 41.2 Å². The molecule has 1 amide bonds. The Kier molecular flexibility index (Phi) is 9.04. The van der Waals surface area contributed by atoms with Crippen molar-refractivity contribution in [2.45, 2.75) is 32.0 Å². The van der Waals surface area contributed by atoms with E-state index >= 15 is 0 Å². The van der Waals surface area contributed by atoms with Crippen LogP contribution in [0.15, 0.2) is 36.5 Å². The Morgan fingerprint density at radius 3 is 2.68 bits per heavy atom. The van der Waals surface area contributed by atoms with Crippen molar-refractivity contribution in [3.8, 4) is 5.75 Å². The lowest BCUT2D eigenvalue weighted by molar-refractivity contribution is -0.134. The summed E-state index contributed by atoms with van der Waals surface area (Å²) in [6.07, 6.45) is 1.70. The molecule has 5 N–H and O–H groups in total. The van der Waals surface area contributed by atoms with Crippen molar-refractivity contribution < 1.29 is 24.5 Å². The summed E-state index contributed by atoms with van der Waals surface area (Å²) in [6.45, 7) is 2.96. The molecule has 2 atom stereocenters. The summed E-state index contributed by atoms with van der Waals surface area (Å²) in [5.74, 6) is -0.840. The number of nitrogens with two attached hydrogens (primary N) is 1. The number of aliphatic hydroxyl groups is 1. The molecular formula is C21H27ClN4O5. The summed E-state index contributed by atoms with van der Waals surface area (Å²) in [7, 11) is 1.46. The van der Waals surface area contributed by atoms with Crippen LogP contribution in [-0.4, -0.2) is 64.3 Å². The third-order valence-corrected chi connectivity index (χ3v) is 4.99. The van der Waals surface area contributed by atoms with Crippen LogP contribution in [0, 0.1) is 0 Å². The maximum Gasteiger partial charge on any atom is 0.300 e. The van der Waals surface area contributed by atoms with E-state index in [1.54, 1.807) is 6.20 Å². The molecule has 1 fully saturated rings. The van der Waals surface area contributed by atoms with Gasteiger partial charge in [0.25, 0.3) is 11.9 Å². The minimum atomic E-state index is -0.833. The third kappa shape index (κ3) is 7.39. The van der Waals surface area contributed by atoms with E-state index in [0.29, 0.717) is 36.5 Å².